The van der Waals surface area contributed by atoms with Gasteiger partial charge in [-0.15, -0.1) is 35.4 Å². The third-order valence-electron chi connectivity index (χ3n) is 5.24. The summed E-state index contributed by atoms with van der Waals surface area (Å²) in [7, 11) is 0. The fraction of sp³-hybridized carbons (Fsp3) is 0.0667. The molecule has 0 saturated heterocycles. The largest absolute Gasteiger partial charge is 0.512 e. The van der Waals surface area contributed by atoms with Crippen LogP contribution in [0.3, 0.4) is 0 Å². The van der Waals surface area contributed by atoms with E-state index in [9.17, 15) is 4.79 Å². The number of nitrogens with zero attached hydrogens (tertiary/aromatic N) is 1. The normalized spacial score (nSPS) is 10.8. The van der Waals surface area contributed by atoms with Crippen LogP contribution in [0.1, 0.15) is 13.8 Å². The first kappa shape index (κ1) is 25.0. The monoisotopic (exact) mass is 623 g/mol. The zero-order chi connectivity index (χ0) is 23.2. The molecule has 0 amide bonds. The molecule has 0 spiro atoms. The van der Waals surface area contributed by atoms with Crippen LogP contribution in [-0.4, -0.2) is 15.9 Å². The number of ketones is 1. The number of aromatic nitrogens is 1. The fourth-order valence-electron chi connectivity index (χ4n) is 3.88. The molecule has 4 heteroatoms. The van der Waals surface area contributed by atoms with Crippen LogP contribution in [0.2, 0.25) is 0 Å². The van der Waals surface area contributed by atoms with E-state index in [0.717, 1.165) is 22.0 Å². The second-order valence-corrected chi connectivity index (χ2v) is 7.79. The molecule has 5 aromatic rings. The predicted octanol–water partition coefficient (Wildman–Crippen LogP) is 7.56. The number of rotatable bonds is 3. The first-order valence-electron chi connectivity index (χ1n) is 10.7. The van der Waals surface area contributed by atoms with Gasteiger partial charge in [-0.2, -0.15) is 0 Å². The molecule has 0 aliphatic rings. The van der Waals surface area contributed by atoms with E-state index in [1.54, 1.807) is 0 Å². The van der Waals surface area contributed by atoms with Crippen LogP contribution >= 0.6 is 0 Å². The van der Waals surface area contributed by atoms with Gasteiger partial charge in [0.05, 0.1) is 5.76 Å². The molecule has 5 rings (SSSR count). The molecule has 1 aromatic heterocycles. The van der Waals surface area contributed by atoms with Crippen molar-refractivity contribution in [3.05, 3.63) is 115 Å². The molecule has 0 aliphatic carbocycles. The van der Waals surface area contributed by atoms with Crippen molar-refractivity contribution in [2.75, 3.05) is 0 Å². The van der Waals surface area contributed by atoms with Gasteiger partial charge in [0, 0.05) is 37.9 Å². The second kappa shape index (κ2) is 11.5. The van der Waals surface area contributed by atoms with Gasteiger partial charge in [0.1, 0.15) is 0 Å². The molecule has 1 N–H and O–H groups in total. The summed E-state index contributed by atoms with van der Waals surface area (Å²) in [6.07, 6.45) is 3.01. The van der Waals surface area contributed by atoms with Crippen molar-refractivity contribution in [2.45, 2.75) is 13.8 Å². The molecule has 1 radical (unpaired) electrons. The summed E-state index contributed by atoms with van der Waals surface area (Å²) in [4.78, 5) is 14.6. The van der Waals surface area contributed by atoms with Gasteiger partial charge in [0.15, 0.2) is 5.78 Å². The van der Waals surface area contributed by atoms with Crippen LogP contribution in [-0.2, 0) is 24.9 Å². The molecular weight excluding hydrogens is 599 g/mol. The number of hydrogen-bond donors (Lipinski definition) is 1. The molecule has 0 bridgehead atoms. The smallest absolute Gasteiger partial charge is 0.155 e. The Morgan fingerprint density at radius 1 is 0.853 bits per heavy atom. The Labute approximate surface area is 213 Å². The van der Waals surface area contributed by atoms with Crippen LogP contribution in [0.4, 0.5) is 0 Å². The van der Waals surface area contributed by atoms with Crippen molar-refractivity contribution in [2.24, 2.45) is 0 Å². The molecule has 0 atom stereocenters. The Balaban J connectivity index is 0.000000357. The molecule has 0 fully saturated rings. The Hall–Kier alpha value is -3.59. The number of aliphatic hydroxyl groups excluding tert-OH is 1. The molecular formula is C30H24IrNO2-. The minimum absolute atomic E-state index is 0. The third-order valence-corrected chi connectivity index (χ3v) is 5.24. The number of carbonyl (C=O) groups excluding carboxylic acids is 1. The average molecular weight is 623 g/mol. The fourth-order valence-corrected chi connectivity index (χ4v) is 3.88. The Bertz CT molecular complexity index is 1360. The van der Waals surface area contributed by atoms with Gasteiger partial charge in [-0.05, 0) is 41.6 Å². The summed E-state index contributed by atoms with van der Waals surface area (Å²) >= 11 is 0. The quantitative estimate of drug-likeness (QED) is 0.128. The van der Waals surface area contributed by atoms with Gasteiger partial charge >= 0.3 is 0 Å². The number of pyridine rings is 1. The number of carbonyl (C=O) groups is 1. The second-order valence-electron chi connectivity index (χ2n) is 7.79. The summed E-state index contributed by atoms with van der Waals surface area (Å²) in [6.45, 7) is 2.85. The average Bonchev–Trinajstić information content (AvgIpc) is 2.83. The summed E-state index contributed by atoms with van der Waals surface area (Å²) < 4.78 is 0. The van der Waals surface area contributed by atoms with E-state index >= 15 is 0 Å². The molecule has 34 heavy (non-hydrogen) atoms. The van der Waals surface area contributed by atoms with E-state index in [2.05, 4.69) is 89.9 Å². The summed E-state index contributed by atoms with van der Waals surface area (Å²) in [6, 6.07) is 35.1. The van der Waals surface area contributed by atoms with Crippen molar-refractivity contribution >= 4 is 27.5 Å². The van der Waals surface area contributed by atoms with Gasteiger partial charge in [-0.3, -0.25) is 9.78 Å². The van der Waals surface area contributed by atoms with Crippen molar-refractivity contribution in [3.8, 4) is 22.3 Å². The van der Waals surface area contributed by atoms with E-state index in [-0.39, 0.29) is 31.6 Å². The zero-order valence-electron chi connectivity index (χ0n) is 19.0. The van der Waals surface area contributed by atoms with Gasteiger partial charge in [-0.25, -0.2) is 0 Å². The van der Waals surface area contributed by atoms with Crippen LogP contribution < -0.4 is 0 Å². The standard InChI is InChI=1S/C25H16N.C5H8O2.Ir/c1-2-13-22-18(7-1)8-4-14-23(22)20-10-3-11-21(17-20)24-15-5-9-19-12-6-16-26-25(19)24;1-4(6)3-5(2)7;/h1-10,12-17H;3,6H,1-2H3;/q-1;;/b;4-3-;. The van der Waals surface area contributed by atoms with E-state index in [0.29, 0.717) is 0 Å². The minimum Gasteiger partial charge on any atom is -0.512 e. The van der Waals surface area contributed by atoms with E-state index in [4.69, 9.17) is 5.11 Å². The molecule has 3 nitrogen and oxygen atoms in total. The number of hydrogen-bond acceptors (Lipinski definition) is 3. The van der Waals surface area contributed by atoms with E-state index in [1.807, 2.05) is 18.3 Å². The molecule has 4 aromatic carbocycles. The Morgan fingerprint density at radius 2 is 1.53 bits per heavy atom. The summed E-state index contributed by atoms with van der Waals surface area (Å²) in [5.74, 6) is -0.0625. The Kier molecular flexibility index (Phi) is 8.48. The molecule has 171 valence electrons. The van der Waals surface area contributed by atoms with Gasteiger partial charge in [0.2, 0.25) is 0 Å². The van der Waals surface area contributed by atoms with Crippen molar-refractivity contribution < 1.29 is 30.0 Å². The number of benzene rings is 4. The number of allylic oxidation sites excluding steroid dienone is 2. The zero-order valence-corrected chi connectivity index (χ0v) is 21.3. The van der Waals surface area contributed by atoms with E-state index < -0.39 is 0 Å². The minimum atomic E-state index is -0.125. The molecule has 0 saturated carbocycles. The third kappa shape index (κ3) is 5.85. The van der Waals surface area contributed by atoms with Gasteiger partial charge < -0.3 is 5.11 Å². The molecule has 1 heterocycles. The summed E-state index contributed by atoms with van der Waals surface area (Å²) in [5, 5.41) is 12.0. The van der Waals surface area contributed by atoms with Crippen molar-refractivity contribution in [1.82, 2.24) is 4.98 Å². The predicted molar refractivity (Wildman–Crippen MR) is 136 cm³/mol. The maximum Gasteiger partial charge on any atom is 0.155 e. The van der Waals surface area contributed by atoms with E-state index in [1.165, 1.54) is 41.8 Å². The maximum absolute atomic E-state index is 10.0. The number of fused-ring (bicyclic) bond motifs is 2. The van der Waals surface area contributed by atoms with Crippen LogP contribution in [0.25, 0.3) is 43.9 Å². The van der Waals surface area contributed by atoms with Crippen LogP contribution in [0.15, 0.2) is 109 Å². The first-order chi connectivity index (χ1) is 16.0. The van der Waals surface area contributed by atoms with Crippen molar-refractivity contribution in [1.29, 1.82) is 0 Å². The topological polar surface area (TPSA) is 50.2 Å². The molecule has 0 unspecified atom stereocenters. The van der Waals surface area contributed by atoms with Crippen LogP contribution in [0, 0.1) is 6.07 Å². The molecule has 0 aliphatic heterocycles. The van der Waals surface area contributed by atoms with Crippen LogP contribution in [0.5, 0.6) is 0 Å². The number of para-hydroxylation sites is 1. The first-order valence-corrected chi connectivity index (χ1v) is 10.7. The number of aliphatic hydroxyl groups is 1. The SMILES string of the molecule is CC(=O)/C=C(/C)O.[Ir].[c-]1ccc(-c2cccc3ccccc23)cc1-c1cccc2cccnc12. The maximum atomic E-state index is 10.0. The van der Waals surface area contributed by atoms with Gasteiger partial charge in [0.25, 0.3) is 0 Å². The van der Waals surface area contributed by atoms with Gasteiger partial charge in [-0.1, -0.05) is 72.3 Å². The Morgan fingerprint density at radius 3 is 2.26 bits per heavy atom. The van der Waals surface area contributed by atoms with Crippen molar-refractivity contribution in [3.63, 3.8) is 0 Å². The summed E-state index contributed by atoms with van der Waals surface area (Å²) in [5.41, 5.74) is 5.64.